The van der Waals surface area contributed by atoms with Crippen molar-refractivity contribution in [2.24, 2.45) is 0 Å². The van der Waals surface area contributed by atoms with Crippen LogP contribution in [0.2, 0.25) is 0 Å². The van der Waals surface area contributed by atoms with E-state index >= 15 is 0 Å². The van der Waals surface area contributed by atoms with E-state index in [1.807, 2.05) is 48.5 Å². The third-order valence-electron chi connectivity index (χ3n) is 6.87. The highest BCUT2D eigenvalue weighted by atomic mass is 32.2. The van der Waals surface area contributed by atoms with Gasteiger partial charge in [-0.2, -0.15) is 0 Å². The highest BCUT2D eigenvalue weighted by Gasteiger charge is 2.17. The molecule has 6 nitrogen and oxygen atoms in total. The second kappa shape index (κ2) is 10.8. The number of sulfone groups is 1. The number of benzene rings is 3. The zero-order chi connectivity index (χ0) is 27.6. The molecular weight excluding hydrogens is 508 g/mol. The molecule has 5 rings (SSSR count). The van der Waals surface area contributed by atoms with Gasteiger partial charge in [0.15, 0.2) is 0 Å². The van der Waals surface area contributed by atoms with Crippen LogP contribution in [-0.4, -0.2) is 42.8 Å². The fourth-order valence-electron chi connectivity index (χ4n) is 4.53. The number of methoxy groups -OCH3 is 1. The predicted molar refractivity (Wildman–Crippen MR) is 155 cm³/mol. The molecule has 0 saturated heterocycles. The fraction of sp³-hybridized carbons (Fsp3) is 0.156. The van der Waals surface area contributed by atoms with Crippen LogP contribution < -0.4 is 4.74 Å². The highest BCUT2D eigenvalue weighted by Crippen LogP contribution is 2.32. The van der Waals surface area contributed by atoms with Crippen LogP contribution in [0.4, 0.5) is 0 Å². The summed E-state index contributed by atoms with van der Waals surface area (Å²) in [5.74, 6) is 0.531. The minimum atomic E-state index is -3.16. The smallest absolute Gasteiger partial charge is 0.211 e. The molecule has 5 aromatic rings. The number of aromatic nitrogens is 2. The number of fused-ring (bicyclic) bond motifs is 1. The Labute approximate surface area is 228 Å². The first kappa shape index (κ1) is 26.3. The second-order valence-electron chi connectivity index (χ2n) is 9.63. The summed E-state index contributed by atoms with van der Waals surface area (Å²) >= 11 is 0. The molecule has 1 atom stereocenters. The summed E-state index contributed by atoms with van der Waals surface area (Å²) in [6.45, 7) is 1.74. The average Bonchev–Trinajstić information content (AvgIpc) is 2.96. The zero-order valence-corrected chi connectivity index (χ0v) is 22.8. The standard InChI is InChI=1S/C32H28N2O4S/c1-21(39(3,36)37)16-22-17-26-8-5-15-33-31(26)29(18-22)25-7-4-6-24(19-25)27-11-14-30(34-20-27)32(35)23-9-12-28(38-2)13-10-23/h4-15,17-21H,16H2,1-3H3. The van der Waals surface area contributed by atoms with E-state index < -0.39 is 15.1 Å². The average molecular weight is 537 g/mol. The summed E-state index contributed by atoms with van der Waals surface area (Å²) in [5.41, 5.74) is 6.42. The molecule has 0 aliphatic heterocycles. The molecule has 196 valence electrons. The van der Waals surface area contributed by atoms with Crippen molar-refractivity contribution in [3.8, 4) is 28.0 Å². The minimum Gasteiger partial charge on any atom is -0.497 e. The third-order valence-corrected chi connectivity index (χ3v) is 8.50. The molecular formula is C32H28N2O4S. The molecule has 39 heavy (non-hydrogen) atoms. The van der Waals surface area contributed by atoms with Crippen molar-refractivity contribution >= 4 is 26.5 Å². The Bertz CT molecular complexity index is 1760. The maximum Gasteiger partial charge on any atom is 0.211 e. The van der Waals surface area contributed by atoms with Crippen LogP contribution in [0, 0.1) is 0 Å². The van der Waals surface area contributed by atoms with Crippen LogP contribution in [0.25, 0.3) is 33.2 Å². The lowest BCUT2D eigenvalue weighted by molar-refractivity contribution is 0.103. The van der Waals surface area contributed by atoms with Crippen LogP contribution in [0.15, 0.2) is 97.3 Å². The number of ketones is 1. The summed E-state index contributed by atoms with van der Waals surface area (Å²) in [6.07, 6.45) is 5.16. The lowest BCUT2D eigenvalue weighted by Gasteiger charge is -2.14. The number of rotatable bonds is 8. The first-order chi connectivity index (χ1) is 18.7. The van der Waals surface area contributed by atoms with Crippen molar-refractivity contribution in [3.63, 3.8) is 0 Å². The molecule has 0 amide bonds. The first-order valence-electron chi connectivity index (χ1n) is 12.5. The summed E-state index contributed by atoms with van der Waals surface area (Å²) in [5, 5.41) is 0.468. The number of hydrogen-bond donors (Lipinski definition) is 0. The van der Waals surface area contributed by atoms with Crippen LogP contribution in [-0.2, 0) is 16.3 Å². The van der Waals surface area contributed by atoms with Gasteiger partial charge in [0.1, 0.15) is 21.3 Å². The zero-order valence-electron chi connectivity index (χ0n) is 22.0. The fourth-order valence-corrected chi connectivity index (χ4v) is 5.03. The number of pyridine rings is 2. The predicted octanol–water partition coefficient (Wildman–Crippen LogP) is 6.18. The van der Waals surface area contributed by atoms with Crippen LogP contribution in [0.3, 0.4) is 0 Å². The van der Waals surface area contributed by atoms with Crippen LogP contribution in [0.5, 0.6) is 5.75 Å². The summed E-state index contributed by atoms with van der Waals surface area (Å²) in [7, 11) is -1.57. The number of carbonyl (C=O) groups excluding carboxylic acids is 1. The van der Waals surface area contributed by atoms with Crippen molar-refractivity contribution in [2.45, 2.75) is 18.6 Å². The lowest BCUT2D eigenvalue weighted by atomic mass is 9.95. The lowest BCUT2D eigenvalue weighted by Crippen LogP contribution is -2.18. The Kier molecular flexibility index (Phi) is 7.26. The van der Waals surface area contributed by atoms with Crippen molar-refractivity contribution in [2.75, 3.05) is 13.4 Å². The summed E-state index contributed by atoms with van der Waals surface area (Å²) in [6, 6.07) is 26.6. The first-order valence-corrected chi connectivity index (χ1v) is 14.5. The maximum atomic E-state index is 12.9. The van der Waals surface area contributed by atoms with Gasteiger partial charge in [0.2, 0.25) is 5.78 Å². The second-order valence-corrected chi connectivity index (χ2v) is 12.1. The van der Waals surface area contributed by atoms with Crippen molar-refractivity contribution in [1.82, 2.24) is 9.97 Å². The molecule has 0 aliphatic rings. The third kappa shape index (κ3) is 5.73. The molecule has 0 radical (unpaired) electrons. The van der Waals surface area contributed by atoms with E-state index in [1.54, 1.807) is 56.8 Å². The van der Waals surface area contributed by atoms with E-state index in [0.29, 0.717) is 23.4 Å². The minimum absolute atomic E-state index is 0.157. The van der Waals surface area contributed by atoms with Crippen molar-refractivity contribution < 1.29 is 17.9 Å². The molecule has 0 fully saturated rings. The number of ether oxygens (including phenoxy) is 1. The van der Waals surface area contributed by atoms with Gasteiger partial charge in [-0.05, 0) is 84.6 Å². The molecule has 3 aromatic carbocycles. The highest BCUT2D eigenvalue weighted by molar-refractivity contribution is 7.91. The summed E-state index contributed by atoms with van der Waals surface area (Å²) < 4.78 is 29.3. The largest absolute Gasteiger partial charge is 0.497 e. The Morgan fingerprint density at radius 2 is 1.64 bits per heavy atom. The normalized spacial score (nSPS) is 12.3. The van der Waals surface area contributed by atoms with Crippen molar-refractivity contribution in [1.29, 1.82) is 0 Å². The van der Waals surface area contributed by atoms with Gasteiger partial charge < -0.3 is 4.74 Å². The van der Waals surface area contributed by atoms with Gasteiger partial charge in [-0.3, -0.25) is 14.8 Å². The quantitative estimate of drug-likeness (QED) is 0.220. The number of nitrogens with zero attached hydrogens (tertiary/aromatic N) is 2. The van der Waals surface area contributed by atoms with Crippen LogP contribution >= 0.6 is 0 Å². The molecule has 0 N–H and O–H groups in total. The molecule has 0 saturated carbocycles. The molecule has 0 bridgehead atoms. The van der Waals surface area contributed by atoms with E-state index in [4.69, 9.17) is 4.74 Å². The van der Waals surface area contributed by atoms with E-state index in [0.717, 1.165) is 38.7 Å². The molecule has 0 aliphatic carbocycles. The molecule has 7 heteroatoms. The Morgan fingerprint density at radius 3 is 2.33 bits per heavy atom. The monoisotopic (exact) mass is 536 g/mol. The molecule has 2 aromatic heterocycles. The SMILES string of the molecule is COc1ccc(C(=O)c2ccc(-c3cccc(-c4cc(CC(C)S(C)(=O)=O)cc5cccnc45)c3)cn2)cc1. The Balaban J connectivity index is 1.48. The maximum absolute atomic E-state index is 12.9. The van der Waals surface area contributed by atoms with Crippen LogP contribution in [0.1, 0.15) is 28.5 Å². The Hall–Kier alpha value is -4.36. The van der Waals surface area contributed by atoms with E-state index in [1.165, 1.54) is 6.26 Å². The van der Waals surface area contributed by atoms with E-state index in [-0.39, 0.29) is 5.78 Å². The Morgan fingerprint density at radius 1 is 0.872 bits per heavy atom. The summed E-state index contributed by atoms with van der Waals surface area (Å²) in [4.78, 5) is 21.9. The number of carbonyl (C=O) groups is 1. The van der Waals surface area contributed by atoms with Gasteiger partial charge >= 0.3 is 0 Å². The van der Waals surface area contributed by atoms with Gasteiger partial charge in [0.05, 0.1) is 17.9 Å². The molecule has 2 heterocycles. The van der Waals surface area contributed by atoms with Gasteiger partial charge in [-0.1, -0.05) is 30.3 Å². The molecule has 1 unspecified atom stereocenters. The number of hydrogen-bond acceptors (Lipinski definition) is 6. The van der Waals surface area contributed by atoms with E-state index in [9.17, 15) is 13.2 Å². The topological polar surface area (TPSA) is 86.2 Å². The van der Waals surface area contributed by atoms with Gasteiger partial charge in [-0.15, -0.1) is 0 Å². The molecule has 0 spiro atoms. The van der Waals surface area contributed by atoms with Gasteiger partial charge in [0, 0.05) is 40.7 Å². The van der Waals surface area contributed by atoms with Crippen molar-refractivity contribution in [3.05, 3.63) is 114 Å². The van der Waals surface area contributed by atoms with E-state index in [2.05, 4.69) is 16.0 Å². The van der Waals surface area contributed by atoms with Gasteiger partial charge in [0.25, 0.3) is 0 Å². The van der Waals surface area contributed by atoms with Gasteiger partial charge in [-0.25, -0.2) is 8.42 Å².